The summed E-state index contributed by atoms with van der Waals surface area (Å²) in [5.41, 5.74) is 2.03. The first-order valence-electron chi connectivity index (χ1n) is 7.92. The Morgan fingerprint density at radius 1 is 1.43 bits per heavy atom. The summed E-state index contributed by atoms with van der Waals surface area (Å²) in [5, 5.41) is 4.22. The predicted octanol–water partition coefficient (Wildman–Crippen LogP) is 1.22. The van der Waals surface area contributed by atoms with E-state index >= 15 is 0 Å². The summed E-state index contributed by atoms with van der Waals surface area (Å²) >= 11 is 0. The zero-order valence-corrected chi connectivity index (χ0v) is 13.9. The van der Waals surface area contributed by atoms with E-state index in [9.17, 15) is 4.79 Å². The Bertz CT molecular complexity index is 690. The number of nitrogens with zero attached hydrogens (tertiary/aromatic N) is 5. The molecule has 1 atom stereocenters. The lowest BCUT2D eigenvalue weighted by Gasteiger charge is -2.32. The van der Waals surface area contributed by atoms with Gasteiger partial charge in [-0.05, 0) is 19.9 Å². The van der Waals surface area contributed by atoms with Gasteiger partial charge in [-0.2, -0.15) is 5.10 Å². The number of imidazole rings is 1. The highest BCUT2D eigenvalue weighted by Gasteiger charge is 2.27. The zero-order valence-electron chi connectivity index (χ0n) is 13.9. The van der Waals surface area contributed by atoms with E-state index in [-0.39, 0.29) is 12.0 Å². The van der Waals surface area contributed by atoms with Crippen LogP contribution in [-0.2, 0) is 23.1 Å². The van der Waals surface area contributed by atoms with Crippen molar-refractivity contribution in [1.29, 1.82) is 0 Å². The van der Waals surface area contributed by atoms with Crippen LogP contribution in [0.4, 0.5) is 0 Å². The molecule has 0 saturated carbocycles. The van der Waals surface area contributed by atoms with Crippen molar-refractivity contribution in [1.82, 2.24) is 24.2 Å². The number of hydrogen-bond donors (Lipinski definition) is 0. The van der Waals surface area contributed by atoms with Crippen LogP contribution in [-0.4, -0.2) is 49.8 Å². The van der Waals surface area contributed by atoms with E-state index in [1.54, 1.807) is 6.20 Å². The number of rotatable bonds is 4. The standard InChI is InChI=1S/C16H23N5O2/c1-12-10-19(3)16(18-12)14-11-20(8-9-23-14)15(22)5-7-21-13(2)4-6-17-21/h4,6,10,14H,5,7-9,11H2,1-3H3. The topological polar surface area (TPSA) is 65.2 Å². The minimum absolute atomic E-state index is 0.138. The van der Waals surface area contributed by atoms with Gasteiger partial charge in [0.15, 0.2) is 0 Å². The third-order valence-corrected chi connectivity index (χ3v) is 4.21. The maximum atomic E-state index is 12.5. The van der Waals surface area contributed by atoms with Crippen molar-refractivity contribution in [2.45, 2.75) is 32.9 Å². The second kappa shape index (κ2) is 6.54. The molecule has 1 unspecified atom stereocenters. The monoisotopic (exact) mass is 317 g/mol. The summed E-state index contributed by atoms with van der Waals surface area (Å²) in [4.78, 5) is 18.9. The largest absolute Gasteiger partial charge is 0.367 e. The SMILES string of the molecule is Cc1cn(C)c(C2CN(C(=O)CCn3nccc3C)CCO2)n1. The van der Waals surface area contributed by atoms with E-state index < -0.39 is 0 Å². The van der Waals surface area contributed by atoms with Gasteiger partial charge in [0.2, 0.25) is 5.91 Å². The Hall–Kier alpha value is -2.15. The Morgan fingerprint density at radius 2 is 2.26 bits per heavy atom. The summed E-state index contributed by atoms with van der Waals surface area (Å²) in [6.07, 6.45) is 4.03. The van der Waals surface area contributed by atoms with Gasteiger partial charge < -0.3 is 14.2 Å². The van der Waals surface area contributed by atoms with Gasteiger partial charge in [-0.1, -0.05) is 0 Å². The fourth-order valence-corrected chi connectivity index (χ4v) is 2.96. The lowest BCUT2D eigenvalue weighted by atomic mass is 10.2. The molecular weight excluding hydrogens is 294 g/mol. The quantitative estimate of drug-likeness (QED) is 0.850. The van der Waals surface area contributed by atoms with Crippen LogP contribution in [0.5, 0.6) is 0 Å². The molecule has 3 rings (SSSR count). The normalized spacial score (nSPS) is 18.4. The second-order valence-corrected chi connectivity index (χ2v) is 6.00. The summed E-state index contributed by atoms with van der Waals surface area (Å²) in [5.74, 6) is 1.02. The first kappa shape index (κ1) is 15.7. The molecule has 1 aliphatic heterocycles. The van der Waals surface area contributed by atoms with Gasteiger partial charge in [0.1, 0.15) is 11.9 Å². The summed E-state index contributed by atoms with van der Waals surface area (Å²) in [7, 11) is 1.96. The summed E-state index contributed by atoms with van der Waals surface area (Å²) < 4.78 is 9.65. The molecule has 0 N–H and O–H groups in total. The van der Waals surface area contributed by atoms with Crippen LogP contribution < -0.4 is 0 Å². The number of carbonyl (C=O) groups excluding carboxylic acids is 1. The second-order valence-electron chi connectivity index (χ2n) is 6.00. The van der Waals surface area contributed by atoms with Gasteiger partial charge in [0.05, 0.1) is 18.8 Å². The van der Waals surface area contributed by atoms with E-state index in [1.165, 1.54) is 0 Å². The Balaban J connectivity index is 1.60. The van der Waals surface area contributed by atoms with Crippen LogP contribution in [0.25, 0.3) is 0 Å². The van der Waals surface area contributed by atoms with E-state index in [0.29, 0.717) is 32.7 Å². The van der Waals surface area contributed by atoms with Crippen LogP contribution in [0, 0.1) is 13.8 Å². The molecule has 0 radical (unpaired) electrons. The summed E-state index contributed by atoms with van der Waals surface area (Å²) in [6.45, 7) is 6.30. The maximum Gasteiger partial charge on any atom is 0.224 e. The molecular formula is C16H23N5O2. The van der Waals surface area contributed by atoms with Gasteiger partial charge in [-0.25, -0.2) is 4.98 Å². The van der Waals surface area contributed by atoms with Crippen molar-refractivity contribution < 1.29 is 9.53 Å². The molecule has 7 heteroatoms. The lowest BCUT2D eigenvalue weighted by molar-refractivity contribution is -0.139. The molecule has 3 heterocycles. The van der Waals surface area contributed by atoms with Crippen LogP contribution in [0.15, 0.2) is 18.5 Å². The first-order valence-corrected chi connectivity index (χ1v) is 7.92. The minimum atomic E-state index is -0.155. The molecule has 124 valence electrons. The Morgan fingerprint density at radius 3 is 2.91 bits per heavy atom. The van der Waals surface area contributed by atoms with Gasteiger partial charge in [0, 0.05) is 44.6 Å². The van der Waals surface area contributed by atoms with Crippen molar-refractivity contribution >= 4 is 5.91 Å². The molecule has 1 fully saturated rings. The average Bonchev–Trinajstić information content (AvgIpc) is 3.10. The third-order valence-electron chi connectivity index (χ3n) is 4.21. The predicted molar refractivity (Wildman–Crippen MR) is 84.8 cm³/mol. The van der Waals surface area contributed by atoms with E-state index in [0.717, 1.165) is 17.2 Å². The molecule has 0 bridgehead atoms. The van der Waals surface area contributed by atoms with Crippen LogP contribution >= 0.6 is 0 Å². The molecule has 7 nitrogen and oxygen atoms in total. The Labute approximate surface area is 135 Å². The van der Waals surface area contributed by atoms with Crippen LogP contribution in [0.1, 0.15) is 29.7 Å². The average molecular weight is 317 g/mol. The number of carbonyl (C=O) groups is 1. The molecule has 2 aromatic heterocycles. The maximum absolute atomic E-state index is 12.5. The van der Waals surface area contributed by atoms with Gasteiger partial charge in [-0.3, -0.25) is 9.48 Å². The van der Waals surface area contributed by atoms with Crippen molar-refractivity contribution in [3.8, 4) is 0 Å². The number of amides is 1. The van der Waals surface area contributed by atoms with Crippen LogP contribution in [0.2, 0.25) is 0 Å². The molecule has 23 heavy (non-hydrogen) atoms. The van der Waals surface area contributed by atoms with E-state index in [4.69, 9.17) is 4.74 Å². The first-order chi connectivity index (χ1) is 11.0. The molecule has 2 aromatic rings. The van der Waals surface area contributed by atoms with Gasteiger partial charge in [-0.15, -0.1) is 0 Å². The van der Waals surface area contributed by atoms with Crippen molar-refractivity contribution in [3.05, 3.63) is 35.7 Å². The lowest BCUT2D eigenvalue weighted by Crippen LogP contribution is -2.43. The highest BCUT2D eigenvalue weighted by atomic mass is 16.5. The minimum Gasteiger partial charge on any atom is -0.367 e. The molecule has 1 amide bonds. The van der Waals surface area contributed by atoms with Gasteiger partial charge >= 0.3 is 0 Å². The molecule has 1 aliphatic rings. The van der Waals surface area contributed by atoms with Crippen molar-refractivity contribution in [2.75, 3.05) is 19.7 Å². The number of aryl methyl sites for hydroxylation is 4. The molecule has 0 aliphatic carbocycles. The number of ether oxygens (including phenoxy) is 1. The number of hydrogen-bond acceptors (Lipinski definition) is 4. The van der Waals surface area contributed by atoms with Gasteiger partial charge in [0.25, 0.3) is 0 Å². The highest BCUT2D eigenvalue weighted by Crippen LogP contribution is 2.21. The molecule has 0 aromatic carbocycles. The van der Waals surface area contributed by atoms with Crippen molar-refractivity contribution in [2.24, 2.45) is 7.05 Å². The fraction of sp³-hybridized carbons (Fsp3) is 0.562. The van der Waals surface area contributed by atoms with Crippen LogP contribution in [0.3, 0.4) is 0 Å². The van der Waals surface area contributed by atoms with E-state index in [1.807, 2.05) is 47.3 Å². The van der Waals surface area contributed by atoms with Crippen molar-refractivity contribution in [3.63, 3.8) is 0 Å². The Kier molecular flexibility index (Phi) is 4.47. The third kappa shape index (κ3) is 3.44. The number of morpholine rings is 1. The van der Waals surface area contributed by atoms with E-state index in [2.05, 4.69) is 10.1 Å². The fourth-order valence-electron chi connectivity index (χ4n) is 2.96. The highest BCUT2D eigenvalue weighted by molar-refractivity contribution is 5.76. The zero-order chi connectivity index (χ0) is 16.4. The molecule has 1 saturated heterocycles. The smallest absolute Gasteiger partial charge is 0.224 e. The number of aromatic nitrogens is 4. The molecule has 0 spiro atoms. The summed E-state index contributed by atoms with van der Waals surface area (Å²) in [6, 6.07) is 1.94.